The molecule has 196 valence electrons. The Morgan fingerprint density at radius 1 is 0.971 bits per heavy atom. The first kappa shape index (κ1) is 28.2. The first-order chi connectivity index (χ1) is 16.3. The third-order valence-electron chi connectivity index (χ3n) is 4.97. The van der Waals surface area contributed by atoms with Crippen LogP contribution in [0.2, 0.25) is 0 Å². The van der Waals surface area contributed by atoms with Crippen LogP contribution in [0.25, 0.3) is 0 Å². The lowest BCUT2D eigenvalue weighted by Crippen LogP contribution is -2.47. The molecule has 0 saturated heterocycles. The van der Waals surface area contributed by atoms with Crippen molar-refractivity contribution in [3.63, 3.8) is 0 Å². The van der Waals surface area contributed by atoms with Gasteiger partial charge in [-0.15, -0.1) is 0 Å². The van der Waals surface area contributed by atoms with Gasteiger partial charge in [0.05, 0.1) is 14.2 Å². The van der Waals surface area contributed by atoms with Crippen molar-refractivity contribution in [2.24, 2.45) is 4.99 Å². The van der Waals surface area contributed by atoms with Gasteiger partial charge in [-0.3, -0.25) is 15.6 Å². The lowest BCUT2D eigenvalue weighted by atomic mass is 9.91. The van der Waals surface area contributed by atoms with Crippen LogP contribution < -0.4 is 25.4 Å². The van der Waals surface area contributed by atoms with Crippen LogP contribution in [0, 0.1) is 0 Å². The Bertz CT molecular complexity index is 886. The summed E-state index contributed by atoms with van der Waals surface area (Å²) in [5.74, 6) is 1.41. The van der Waals surface area contributed by atoms with Gasteiger partial charge in [0.2, 0.25) is 5.96 Å². The van der Waals surface area contributed by atoms with Gasteiger partial charge >= 0.3 is 12.2 Å². The molecule has 0 bridgehead atoms. The second kappa shape index (κ2) is 12.1. The molecule has 0 unspecified atom stereocenters. The molecule has 0 radical (unpaired) electrons. The Labute approximate surface area is 208 Å². The Morgan fingerprint density at radius 3 is 2.03 bits per heavy atom. The fourth-order valence-corrected chi connectivity index (χ4v) is 3.62. The van der Waals surface area contributed by atoms with E-state index >= 15 is 0 Å². The number of amides is 2. The van der Waals surface area contributed by atoms with E-state index < -0.39 is 23.4 Å². The maximum atomic E-state index is 12.2. The van der Waals surface area contributed by atoms with E-state index in [2.05, 4.69) is 20.9 Å². The molecule has 1 aromatic carbocycles. The molecule has 1 heterocycles. The summed E-state index contributed by atoms with van der Waals surface area (Å²) in [6, 6.07) is 4.19. The zero-order valence-electron chi connectivity index (χ0n) is 22.2. The van der Waals surface area contributed by atoms with Crippen LogP contribution in [-0.2, 0) is 15.9 Å². The normalized spacial score (nSPS) is 15.4. The highest BCUT2D eigenvalue weighted by Crippen LogP contribution is 2.36. The zero-order valence-corrected chi connectivity index (χ0v) is 22.2. The molecule has 1 atom stereocenters. The number of hydrogen-bond acceptors (Lipinski definition) is 8. The van der Waals surface area contributed by atoms with E-state index in [-0.39, 0.29) is 12.0 Å². The number of hydrogen-bond donors (Lipinski definition) is 3. The minimum atomic E-state index is -0.712. The van der Waals surface area contributed by atoms with Crippen molar-refractivity contribution < 1.29 is 28.5 Å². The molecule has 1 aliphatic rings. The molecule has 2 rings (SSSR count). The predicted molar refractivity (Wildman–Crippen MR) is 134 cm³/mol. The third kappa shape index (κ3) is 9.64. The molecule has 0 saturated carbocycles. The first-order valence-electron chi connectivity index (χ1n) is 11.8. The van der Waals surface area contributed by atoms with E-state index in [1.807, 2.05) is 12.1 Å². The van der Waals surface area contributed by atoms with Crippen LogP contribution in [-0.4, -0.2) is 56.7 Å². The number of carbonyl (C=O) groups is 2. The van der Waals surface area contributed by atoms with Crippen LogP contribution in [0.3, 0.4) is 0 Å². The summed E-state index contributed by atoms with van der Waals surface area (Å²) in [6.07, 6.45) is 1.00. The van der Waals surface area contributed by atoms with E-state index in [9.17, 15) is 9.59 Å². The number of rotatable bonds is 6. The number of methoxy groups -OCH3 is 2. The van der Waals surface area contributed by atoms with Gasteiger partial charge < -0.3 is 24.3 Å². The topological polar surface area (TPSA) is 120 Å². The highest BCUT2D eigenvalue weighted by molar-refractivity contribution is 6.01. The number of nitrogens with one attached hydrogen (secondary N) is 3. The van der Waals surface area contributed by atoms with Crippen LogP contribution >= 0.6 is 0 Å². The highest BCUT2D eigenvalue weighted by atomic mass is 16.6. The van der Waals surface area contributed by atoms with E-state index in [4.69, 9.17) is 18.9 Å². The number of nitrogens with zero attached hydrogens (tertiary/aromatic N) is 1. The van der Waals surface area contributed by atoms with Crippen LogP contribution in [0.5, 0.6) is 11.5 Å². The largest absolute Gasteiger partial charge is 0.493 e. The molecular weight excluding hydrogens is 452 g/mol. The minimum absolute atomic E-state index is 0.0168. The van der Waals surface area contributed by atoms with Crippen molar-refractivity contribution in [3.05, 3.63) is 23.3 Å². The third-order valence-corrected chi connectivity index (χ3v) is 4.97. The van der Waals surface area contributed by atoms with Crippen molar-refractivity contribution in [2.45, 2.75) is 78.0 Å². The minimum Gasteiger partial charge on any atom is -0.493 e. The van der Waals surface area contributed by atoms with Gasteiger partial charge in [-0.05, 0) is 90.6 Å². The van der Waals surface area contributed by atoms with E-state index in [1.165, 1.54) is 11.1 Å². The molecule has 0 fully saturated rings. The monoisotopic (exact) mass is 492 g/mol. The lowest BCUT2D eigenvalue weighted by Gasteiger charge is -2.28. The molecular formula is C25H40N4O6. The number of ether oxygens (including phenoxy) is 4. The molecule has 10 heteroatoms. The number of benzene rings is 1. The molecule has 0 spiro atoms. The molecule has 2 amide bonds. The van der Waals surface area contributed by atoms with Gasteiger partial charge in [-0.1, -0.05) is 0 Å². The Morgan fingerprint density at radius 2 is 1.51 bits per heavy atom. The number of fused-ring (bicyclic) bond motifs is 1. The molecule has 3 N–H and O–H groups in total. The zero-order chi connectivity index (χ0) is 26.2. The van der Waals surface area contributed by atoms with Crippen molar-refractivity contribution in [1.82, 2.24) is 16.0 Å². The number of carbonyl (C=O) groups excluding carboxylic acids is 2. The standard InChI is InChI=1S/C25H40N4O6/c1-24(2,3)34-22(30)28-21(29-23(31)35-25(4,5)6)27-12-9-10-18-17-15-20(33-8)19(32-7)14-16(17)11-13-26-18/h14-15,18,26H,9-13H2,1-8H3,(H2,27,28,29,30,31)/t18-/m1/s1. The number of guanidine groups is 1. The molecule has 1 aromatic rings. The summed E-state index contributed by atoms with van der Waals surface area (Å²) >= 11 is 0. The smallest absolute Gasteiger partial charge is 0.414 e. The van der Waals surface area contributed by atoms with E-state index in [1.54, 1.807) is 55.8 Å². The summed E-state index contributed by atoms with van der Waals surface area (Å²) < 4.78 is 21.5. The van der Waals surface area contributed by atoms with Gasteiger partial charge in [0.15, 0.2) is 11.5 Å². The summed E-state index contributed by atoms with van der Waals surface area (Å²) in [5.41, 5.74) is 1.03. The summed E-state index contributed by atoms with van der Waals surface area (Å²) in [7, 11) is 3.26. The molecule has 10 nitrogen and oxygen atoms in total. The first-order valence-corrected chi connectivity index (χ1v) is 11.8. The SMILES string of the molecule is COc1cc2c(cc1OC)[C@@H](CCCN=C(NC(=O)OC(C)(C)C)NC(=O)OC(C)(C)C)NCC2. The highest BCUT2D eigenvalue weighted by Gasteiger charge is 2.23. The van der Waals surface area contributed by atoms with Crippen LogP contribution in [0.4, 0.5) is 9.59 Å². The number of aliphatic imine (C=N–C) groups is 1. The van der Waals surface area contributed by atoms with Gasteiger partial charge in [-0.25, -0.2) is 9.59 Å². The Kier molecular flexibility index (Phi) is 9.76. The average molecular weight is 493 g/mol. The Balaban J connectivity index is 2.06. The fourth-order valence-electron chi connectivity index (χ4n) is 3.62. The molecule has 1 aliphatic heterocycles. The summed E-state index contributed by atoms with van der Waals surface area (Å²) in [5, 5.41) is 8.55. The van der Waals surface area contributed by atoms with Crippen molar-refractivity contribution >= 4 is 18.1 Å². The molecule has 0 aliphatic carbocycles. The fraction of sp³-hybridized carbons (Fsp3) is 0.640. The molecule has 0 aromatic heterocycles. The van der Waals surface area contributed by atoms with Gasteiger partial charge in [0.25, 0.3) is 0 Å². The summed E-state index contributed by atoms with van der Waals surface area (Å²) in [4.78, 5) is 28.8. The second-order valence-electron chi connectivity index (χ2n) is 10.3. The van der Waals surface area contributed by atoms with E-state index in [0.29, 0.717) is 18.7 Å². The maximum absolute atomic E-state index is 12.2. The van der Waals surface area contributed by atoms with Crippen LogP contribution in [0.15, 0.2) is 17.1 Å². The van der Waals surface area contributed by atoms with Crippen molar-refractivity contribution in [1.29, 1.82) is 0 Å². The lowest BCUT2D eigenvalue weighted by molar-refractivity contribution is 0.0545. The molecule has 35 heavy (non-hydrogen) atoms. The maximum Gasteiger partial charge on any atom is 0.414 e. The van der Waals surface area contributed by atoms with Gasteiger partial charge in [-0.2, -0.15) is 0 Å². The Hall–Kier alpha value is -3.01. The summed E-state index contributed by atoms with van der Waals surface area (Å²) in [6.45, 7) is 11.8. The van der Waals surface area contributed by atoms with Crippen molar-refractivity contribution in [2.75, 3.05) is 27.3 Å². The average Bonchev–Trinajstić information content (AvgIpc) is 2.72. The van der Waals surface area contributed by atoms with E-state index in [0.717, 1.165) is 25.1 Å². The van der Waals surface area contributed by atoms with Crippen molar-refractivity contribution in [3.8, 4) is 11.5 Å². The quantitative estimate of drug-likeness (QED) is 0.311. The van der Waals surface area contributed by atoms with Crippen LogP contribution in [0.1, 0.15) is 71.6 Å². The van der Waals surface area contributed by atoms with Gasteiger partial charge in [0, 0.05) is 12.6 Å². The van der Waals surface area contributed by atoms with Gasteiger partial charge in [0.1, 0.15) is 11.2 Å². The predicted octanol–water partition coefficient (Wildman–Crippen LogP) is 4.08. The second-order valence-corrected chi connectivity index (χ2v) is 10.3. The number of alkyl carbamates (subject to hydrolysis) is 2.